The van der Waals surface area contributed by atoms with Crippen molar-refractivity contribution < 1.29 is 9.90 Å². The third-order valence-corrected chi connectivity index (χ3v) is 4.14. The van der Waals surface area contributed by atoms with Crippen molar-refractivity contribution in [2.75, 3.05) is 13.2 Å². The van der Waals surface area contributed by atoms with E-state index in [1.54, 1.807) is 4.90 Å². The van der Waals surface area contributed by atoms with E-state index in [9.17, 15) is 9.90 Å². The highest BCUT2D eigenvalue weighted by atomic mass is 16.3. The Labute approximate surface area is 117 Å². The number of carbonyl (C=O) groups is 1. The molecule has 1 N–H and O–H groups in total. The van der Waals surface area contributed by atoms with Gasteiger partial charge in [-0.05, 0) is 24.5 Å². The van der Waals surface area contributed by atoms with Crippen molar-refractivity contribution >= 4 is 11.6 Å². The van der Waals surface area contributed by atoms with Crippen LogP contribution in [0, 0.1) is 5.92 Å². The van der Waals surface area contributed by atoms with Crippen molar-refractivity contribution in [2.45, 2.75) is 25.8 Å². The van der Waals surface area contributed by atoms with E-state index in [2.05, 4.69) is 11.9 Å². The Morgan fingerprint density at radius 3 is 3.10 bits per heavy atom. The second-order valence-electron chi connectivity index (χ2n) is 5.48. The molecule has 0 radical (unpaired) electrons. The fourth-order valence-electron chi connectivity index (χ4n) is 2.93. The van der Waals surface area contributed by atoms with Crippen molar-refractivity contribution in [1.29, 1.82) is 0 Å². The summed E-state index contributed by atoms with van der Waals surface area (Å²) in [6.07, 6.45) is 5.07. The molecule has 2 aromatic heterocycles. The summed E-state index contributed by atoms with van der Waals surface area (Å²) in [4.78, 5) is 18.6. The highest BCUT2D eigenvalue weighted by Gasteiger charge is 2.33. The summed E-state index contributed by atoms with van der Waals surface area (Å²) in [6.45, 7) is 2.86. The minimum absolute atomic E-state index is 0.0398. The van der Waals surface area contributed by atoms with Crippen molar-refractivity contribution in [1.82, 2.24) is 14.3 Å². The summed E-state index contributed by atoms with van der Waals surface area (Å²) in [5, 5.41) is 9.42. The van der Waals surface area contributed by atoms with Crippen LogP contribution in [0.1, 0.15) is 19.0 Å². The number of nitrogens with zero attached hydrogens (tertiary/aromatic N) is 3. The van der Waals surface area contributed by atoms with E-state index in [0.29, 0.717) is 12.3 Å². The number of aromatic nitrogens is 2. The van der Waals surface area contributed by atoms with Crippen molar-refractivity contribution in [3.05, 3.63) is 36.3 Å². The molecule has 1 fully saturated rings. The Balaban J connectivity index is 1.75. The van der Waals surface area contributed by atoms with Gasteiger partial charge in [-0.2, -0.15) is 0 Å². The van der Waals surface area contributed by atoms with Gasteiger partial charge < -0.3 is 14.4 Å². The van der Waals surface area contributed by atoms with E-state index in [1.807, 2.05) is 35.0 Å². The standard InChI is InChI=1S/C15H19N3O2/c1-11-5-7-18(13(11)10-19)15(20)8-12-9-17-6-3-2-4-14(17)16-12/h2-4,6,9,11,13,19H,5,7-8,10H2,1H3. The van der Waals surface area contributed by atoms with Gasteiger partial charge >= 0.3 is 0 Å². The smallest absolute Gasteiger partial charge is 0.228 e. The molecule has 3 rings (SSSR count). The lowest BCUT2D eigenvalue weighted by atomic mass is 10.0. The lowest BCUT2D eigenvalue weighted by molar-refractivity contribution is -0.132. The molecule has 1 aliphatic rings. The Morgan fingerprint density at radius 1 is 1.50 bits per heavy atom. The molecule has 3 heterocycles. The largest absolute Gasteiger partial charge is 0.394 e. The number of amides is 1. The van der Waals surface area contributed by atoms with E-state index in [4.69, 9.17) is 0 Å². The first-order valence-electron chi connectivity index (χ1n) is 7.02. The number of carbonyl (C=O) groups excluding carboxylic acids is 1. The number of hydrogen-bond donors (Lipinski definition) is 1. The number of hydrogen-bond acceptors (Lipinski definition) is 3. The first-order chi connectivity index (χ1) is 9.69. The van der Waals surface area contributed by atoms with E-state index in [-0.39, 0.29) is 18.6 Å². The molecule has 5 heteroatoms. The van der Waals surface area contributed by atoms with Crippen LogP contribution in [0.2, 0.25) is 0 Å². The van der Waals surface area contributed by atoms with Gasteiger partial charge in [0.05, 0.1) is 24.8 Å². The normalized spacial score (nSPS) is 22.6. The molecule has 0 aromatic carbocycles. The van der Waals surface area contributed by atoms with E-state index in [1.165, 1.54) is 0 Å². The molecular formula is C15H19N3O2. The molecule has 1 saturated heterocycles. The van der Waals surface area contributed by atoms with Crippen molar-refractivity contribution in [2.24, 2.45) is 5.92 Å². The Morgan fingerprint density at radius 2 is 2.35 bits per heavy atom. The molecule has 106 valence electrons. The van der Waals surface area contributed by atoms with E-state index in [0.717, 1.165) is 24.3 Å². The number of pyridine rings is 1. The average Bonchev–Trinajstić information content (AvgIpc) is 3.00. The van der Waals surface area contributed by atoms with Crippen molar-refractivity contribution in [3.63, 3.8) is 0 Å². The number of imidazole rings is 1. The lowest BCUT2D eigenvalue weighted by Gasteiger charge is -2.24. The third kappa shape index (κ3) is 2.29. The zero-order valence-electron chi connectivity index (χ0n) is 11.6. The van der Waals surface area contributed by atoms with Gasteiger partial charge in [0, 0.05) is 18.9 Å². The Kier molecular flexibility index (Phi) is 3.44. The zero-order valence-corrected chi connectivity index (χ0v) is 11.6. The van der Waals surface area contributed by atoms with Crippen LogP contribution < -0.4 is 0 Å². The summed E-state index contributed by atoms with van der Waals surface area (Å²) < 4.78 is 1.92. The van der Waals surface area contributed by atoms with Gasteiger partial charge in [-0.1, -0.05) is 13.0 Å². The van der Waals surface area contributed by atoms with Crippen LogP contribution in [-0.4, -0.2) is 44.5 Å². The third-order valence-electron chi connectivity index (χ3n) is 4.14. The van der Waals surface area contributed by atoms with Crippen LogP contribution in [0.15, 0.2) is 30.6 Å². The SMILES string of the molecule is CC1CCN(C(=O)Cc2cn3ccccc3n2)C1CO. The fraction of sp³-hybridized carbons (Fsp3) is 0.467. The summed E-state index contributed by atoms with van der Waals surface area (Å²) >= 11 is 0. The lowest BCUT2D eigenvalue weighted by Crippen LogP contribution is -2.40. The van der Waals surface area contributed by atoms with E-state index < -0.39 is 0 Å². The first-order valence-corrected chi connectivity index (χ1v) is 7.02. The summed E-state index contributed by atoms with van der Waals surface area (Å²) in [6, 6.07) is 5.74. The molecule has 1 aliphatic heterocycles. The molecule has 0 saturated carbocycles. The highest BCUT2D eigenvalue weighted by Crippen LogP contribution is 2.24. The van der Waals surface area contributed by atoms with Crippen LogP contribution in [0.4, 0.5) is 0 Å². The van der Waals surface area contributed by atoms with Crippen LogP contribution in [0.5, 0.6) is 0 Å². The molecule has 2 atom stereocenters. The Bertz CT molecular complexity index is 589. The molecule has 5 nitrogen and oxygen atoms in total. The van der Waals surface area contributed by atoms with Crippen LogP contribution in [-0.2, 0) is 11.2 Å². The molecule has 20 heavy (non-hydrogen) atoms. The maximum Gasteiger partial charge on any atom is 0.228 e. The van der Waals surface area contributed by atoms with Crippen LogP contribution in [0.3, 0.4) is 0 Å². The number of likely N-dealkylation sites (tertiary alicyclic amines) is 1. The number of aliphatic hydroxyl groups is 1. The van der Waals surface area contributed by atoms with E-state index >= 15 is 0 Å². The van der Waals surface area contributed by atoms with Gasteiger partial charge in [-0.25, -0.2) is 4.98 Å². The predicted octanol–water partition coefficient (Wildman–Crippen LogP) is 1.11. The molecule has 0 aliphatic carbocycles. The fourth-order valence-corrected chi connectivity index (χ4v) is 2.93. The zero-order chi connectivity index (χ0) is 14.1. The first kappa shape index (κ1) is 13.1. The highest BCUT2D eigenvalue weighted by molar-refractivity contribution is 5.79. The Hall–Kier alpha value is -1.88. The van der Waals surface area contributed by atoms with Crippen molar-refractivity contribution in [3.8, 4) is 0 Å². The molecule has 2 aromatic rings. The van der Waals surface area contributed by atoms with Gasteiger partial charge in [0.15, 0.2) is 0 Å². The maximum atomic E-state index is 12.4. The molecule has 0 bridgehead atoms. The summed E-state index contributed by atoms with van der Waals surface area (Å²) in [7, 11) is 0. The number of aliphatic hydroxyl groups excluding tert-OH is 1. The minimum atomic E-state index is -0.0421. The predicted molar refractivity (Wildman–Crippen MR) is 75.3 cm³/mol. The maximum absolute atomic E-state index is 12.4. The second-order valence-corrected chi connectivity index (χ2v) is 5.48. The van der Waals surface area contributed by atoms with Gasteiger partial charge in [-0.3, -0.25) is 4.79 Å². The minimum Gasteiger partial charge on any atom is -0.394 e. The summed E-state index contributed by atoms with van der Waals surface area (Å²) in [5.74, 6) is 0.418. The van der Waals surface area contributed by atoms with Crippen LogP contribution in [0.25, 0.3) is 5.65 Å². The number of fused-ring (bicyclic) bond motifs is 1. The van der Waals surface area contributed by atoms with Crippen LogP contribution >= 0.6 is 0 Å². The monoisotopic (exact) mass is 273 g/mol. The summed E-state index contributed by atoms with van der Waals surface area (Å²) in [5.41, 5.74) is 1.63. The van der Waals surface area contributed by atoms with Gasteiger partial charge in [0.2, 0.25) is 5.91 Å². The molecular weight excluding hydrogens is 254 g/mol. The molecule has 0 spiro atoms. The van der Waals surface area contributed by atoms with Gasteiger partial charge in [0.25, 0.3) is 0 Å². The quantitative estimate of drug-likeness (QED) is 0.911. The topological polar surface area (TPSA) is 57.8 Å². The molecule has 2 unspecified atom stereocenters. The second kappa shape index (κ2) is 5.25. The van der Waals surface area contributed by atoms with Gasteiger partial charge in [-0.15, -0.1) is 0 Å². The number of rotatable bonds is 3. The van der Waals surface area contributed by atoms with Gasteiger partial charge in [0.1, 0.15) is 5.65 Å². The average molecular weight is 273 g/mol. The molecule has 1 amide bonds.